The predicted molar refractivity (Wildman–Crippen MR) is 54.7 cm³/mol. The maximum atomic E-state index is 9.07. The monoisotopic (exact) mass is 196 g/mol. The highest BCUT2D eigenvalue weighted by Gasteiger charge is 2.06. The number of hydrogen-bond donors (Lipinski definition) is 1. The molecule has 0 amide bonds. The number of aliphatic hydroxyl groups is 1. The summed E-state index contributed by atoms with van der Waals surface area (Å²) in [5, 5.41) is 9.07. The van der Waals surface area contributed by atoms with Gasteiger partial charge in [0.05, 0.1) is 19.8 Å². The second kappa shape index (κ2) is 4.86. The molecule has 14 heavy (non-hydrogen) atoms. The van der Waals surface area contributed by atoms with Crippen molar-refractivity contribution in [3.63, 3.8) is 0 Å². The minimum atomic E-state index is -0.0218. The summed E-state index contributed by atoms with van der Waals surface area (Å²) in [7, 11) is 1.60. The Balaban J connectivity index is 2.96. The fourth-order valence-corrected chi connectivity index (χ4v) is 1.16. The van der Waals surface area contributed by atoms with Crippen molar-refractivity contribution < 1.29 is 14.6 Å². The second-order valence-corrected chi connectivity index (χ2v) is 3.30. The zero-order valence-electron chi connectivity index (χ0n) is 8.78. The molecule has 1 rings (SSSR count). The molecule has 0 heterocycles. The summed E-state index contributed by atoms with van der Waals surface area (Å²) in [6.07, 6.45) is 0.0902. The Morgan fingerprint density at radius 1 is 1.36 bits per heavy atom. The molecule has 1 N–H and O–H groups in total. The smallest absolute Gasteiger partial charge is 0.128 e. The lowest BCUT2D eigenvalue weighted by molar-refractivity contribution is 0.224. The highest BCUT2D eigenvalue weighted by molar-refractivity contribution is 5.40. The maximum Gasteiger partial charge on any atom is 0.128 e. The van der Waals surface area contributed by atoms with Crippen molar-refractivity contribution >= 4 is 0 Å². The second-order valence-electron chi connectivity index (χ2n) is 3.30. The van der Waals surface area contributed by atoms with Crippen molar-refractivity contribution in [3.8, 4) is 11.5 Å². The van der Waals surface area contributed by atoms with E-state index in [1.807, 2.05) is 13.8 Å². The van der Waals surface area contributed by atoms with Crippen molar-refractivity contribution in [1.82, 2.24) is 0 Å². The van der Waals surface area contributed by atoms with E-state index in [1.54, 1.807) is 25.3 Å². The van der Waals surface area contributed by atoms with Gasteiger partial charge >= 0.3 is 0 Å². The van der Waals surface area contributed by atoms with E-state index in [4.69, 9.17) is 14.6 Å². The lowest BCUT2D eigenvalue weighted by Crippen LogP contribution is -2.07. The van der Waals surface area contributed by atoms with Gasteiger partial charge in [-0.05, 0) is 26.0 Å². The van der Waals surface area contributed by atoms with Gasteiger partial charge in [0.2, 0.25) is 0 Å². The molecule has 0 saturated carbocycles. The molecule has 78 valence electrons. The minimum Gasteiger partial charge on any atom is -0.497 e. The first kappa shape index (κ1) is 10.9. The van der Waals surface area contributed by atoms with Gasteiger partial charge in [-0.25, -0.2) is 0 Å². The van der Waals surface area contributed by atoms with Crippen LogP contribution >= 0.6 is 0 Å². The van der Waals surface area contributed by atoms with Gasteiger partial charge in [-0.3, -0.25) is 0 Å². The molecule has 1 aromatic carbocycles. The lowest BCUT2D eigenvalue weighted by atomic mass is 10.2. The van der Waals surface area contributed by atoms with Crippen LogP contribution in [0.2, 0.25) is 0 Å². The van der Waals surface area contributed by atoms with Gasteiger partial charge in [0.1, 0.15) is 11.5 Å². The van der Waals surface area contributed by atoms with Gasteiger partial charge in [-0.2, -0.15) is 0 Å². The number of aliphatic hydroxyl groups excluding tert-OH is 1. The van der Waals surface area contributed by atoms with Gasteiger partial charge in [0.25, 0.3) is 0 Å². The normalized spacial score (nSPS) is 10.4. The third kappa shape index (κ3) is 2.64. The van der Waals surface area contributed by atoms with E-state index in [0.29, 0.717) is 5.75 Å². The predicted octanol–water partition coefficient (Wildman–Crippen LogP) is 1.97. The van der Waals surface area contributed by atoms with Crippen molar-refractivity contribution in [2.45, 2.75) is 26.6 Å². The SMILES string of the molecule is COc1ccc(CO)c(OC(C)C)c1. The van der Waals surface area contributed by atoms with Crippen molar-refractivity contribution in [1.29, 1.82) is 0 Å². The Hall–Kier alpha value is -1.22. The third-order valence-electron chi connectivity index (χ3n) is 1.81. The first-order valence-electron chi connectivity index (χ1n) is 4.61. The van der Waals surface area contributed by atoms with Crippen LogP contribution in [0.15, 0.2) is 18.2 Å². The largest absolute Gasteiger partial charge is 0.497 e. The molecule has 0 aliphatic heterocycles. The Morgan fingerprint density at radius 3 is 2.57 bits per heavy atom. The van der Waals surface area contributed by atoms with E-state index < -0.39 is 0 Å². The van der Waals surface area contributed by atoms with E-state index in [2.05, 4.69) is 0 Å². The van der Waals surface area contributed by atoms with Crippen LogP contribution in [0.25, 0.3) is 0 Å². The van der Waals surface area contributed by atoms with Crippen LogP contribution in [0.3, 0.4) is 0 Å². The molecule has 0 bridgehead atoms. The summed E-state index contributed by atoms with van der Waals surface area (Å²) in [5.41, 5.74) is 0.777. The number of benzene rings is 1. The zero-order valence-corrected chi connectivity index (χ0v) is 8.78. The maximum absolute atomic E-state index is 9.07. The van der Waals surface area contributed by atoms with E-state index in [0.717, 1.165) is 11.3 Å². The molecule has 0 radical (unpaired) electrons. The highest BCUT2D eigenvalue weighted by Crippen LogP contribution is 2.25. The Kier molecular flexibility index (Phi) is 3.77. The molecule has 0 aliphatic rings. The topological polar surface area (TPSA) is 38.7 Å². The van der Waals surface area contributed by atoms with Crippen molar-refractivity contribution in [3.05, 3.63) is 23.8 Å². The molecule has 0 unspecified atom stereocenters. The molecule has 0 atom stereocenters. The van der Waals surface area contributed by atoms with Gasteiger partial charge in [-0.1, -0.05) is 0 Å². The molecule has 1 aromatic rings. The lowest BCUT2D eigenvalue weighted by Gasteiger charge is -2.14. The molecular weight excluding hydrogens is 180 g/mol. The highest BCUT2D eigenvalue weighted by atomic mass is 16.5. The van der Waals surface area contributed by atoms with Crippen molar-refractivity contribution in [2.24, 2.45) is 0 Å². The molecule has 3 heteroatoms. The Bertz CT molecular complexity index is 295. The Labute approximate surface area is 84.3 Å². The first-order chi connectivity index (χ1) is 6.67. The van der Waals surface area contributed by atoms with Crippen LogP contribution in [0, 0.1) is 0 Å². The number of ether oxygens (including phenoxy) is 2. The fraction of sp³-hybridized carbons (Fsp3) is 0.455. The number of rotatable bonds is 4. The molecule has 0 aromatic heterocycles. The van der Waals surface area contributed by atoms with E-state index in [1.165, 1.54) is 0 Å². The van der Waals surface area contributed by atoms with Crippen LogP contribution in [-0.2, 0) is 6.61 Å². The minimum absolute atomic E-state index is 0.0218. The standard InChI is InChI=1S/C11H16O3/c1-8(2)14-11-6-10(13-3)5-4-9(11)7-12/h4-6,8,12H,7H2,1-3H3. The first-order valence-corrected chi connectivity index (χ1v) is 4.61. The molecule has 0 fully saturated rings. The molecule has 3 nitrogen and oxygen atoms in total. The molecule has 0 saturated heterocycles. The van der Waals surface area contributed by atoms with Crippen LogP contribution in [0.5, 0.6) is 11.5 Å². The van der Waals surface area contributed by atoms with Gasteiger partial charge in [-0.15, -0.1) is 0 Å². The van der Waals surface area contributed by atoms with E-state index >= 15 is 0 Å². The van der Waals surface area contributed by atoms with Crippen LogP contribution in [0.1, 0.15) is 19.4 Å². The Morgan fingerprint density at radius 2 is 2.07 bits per heavy atom. The summed E-state index contributed by atoms with van der Waals surface area (Å²) in [5.74, 6) is 1.42. The summed E-state index contributed by atoms with van der Waals surface area (Å²) in [6, 6.07) is 5.39. The molecule has 0 aliphatic carbocycles. The van der Waals surface area contributed by atoms with Gasteiger partial charge < -0.3 is 14.6 Å². The van der Waals surface area contributed by atoms with E-state index in [9.17, 15) is 0 Å². The average molecular weight is 196 g/mol. The summed E-state index contributed by atoms with van der Waals surface area (Å²) in [4.78, 5) is 0. The molecule has 0 spiro atoms. The third-order valence-corrected chi connectivity index (χ3v) is 1.81. The van der Waals surface area contributed by atoms with Crippen LogP contribution in [-0.4, -0.2) is 18.3 Å². The van der Waals surface area contributed by atoms with E-state index in [-0.39, 0.29) is 12.7 Å². The molecular formula is C11H16O3. The van der Waals surface area contributed by atoms with Crippen LogP contribution < -0.4 is 9.47 Å². The van der Waals surface area contributed by atoms with Gasteiger partial charge in [0, 0.05) is 11.6 Å². The quantitative estimate of drug-likeness (QED) is 0.800. The number of hydrogen-bond acceptors (Lipinski definition) is 3. The van der Waals surface area contributed by atoms with Crippen LogP contribution in [0.4, 0.5) is 0 Å². The van der Waals surface area contributed by atoms with Gasteiger partial charge in [0.15, 0.2) is 0 Å². The zero-order chi connectivity index (χ0) is 10.6. The number of methoxy groups -OCH3 is 1. The fourth-order valence-electron chi connectivity index (χ4n) is 1.16. The summed E-state index contributed by atoms with van der Waals surface area (Å²) in [6.45, 7) is 3.87. The average Bonchev–Trinajstić information content (AvgIpc) is 2.16. The summed E-state index contributed by atoms with van der Waals surface area (Å²) < 4.78 is 10.6. The summed E-state index contributed by atoms with van der Waals surface area (Å²) >= 11 is 0. The van der Waals surface area contributed by atoms with Crippen molar-refractivity contribution in [2.75, 3.05) is 7.11 Å².